The fourth-order valence-electron chi connectivity index (χ4n) is 4.65. The first-order valence-electron chi connectivity index (χ1n) is 9.87. The molecule has 1 aliphatic carbocycles. The molecular formula is C18H33IN4O3S. The van der Waals surface area contributed by atoms with E-state index in [1.54, 1.807) is 7.05 Å². The zero-order chi connectivity index (χ0) is 18.6. The number of halogens is 1. The van der Waals surface area contributed by atoms with Gasteiger partial charge in [-0.1, -0.05) is 19.3 Å². The van der Waals surface area contributed by atoms with Crippen LogP contribution in [-0.4, -0.2) is 69.4 Å². The van der Waals surface area contributed by atoms with E-state index in [0.29, 0.717) is 24.8 Å². The van der Waals surface area contributed by atoms with E-state index in [4.69, 9.17) is 0 Å². The van der Waals surface area contributed by atoms with Gasteiger partial charge in [-0.2, -0.15) is 0 Å². The normalized spacial score (nSPS) is 26.6. The number of nitrogens with zero attached hydrogens (tertiary/aromatic N) is 2. The number of likely N-dealkylation sites (tertiary alicyclic amines) is 1. The summed E-state index contributed by atoms with van der Waals surface area (Å²) in [5, 5.41) is 6.13. The van der Waals surface area contributed by atoms with Crippen molar-refractivity contribution in [3.8, 4) is 0 Å². The van der Waals surface area contributed by atoms with Gasteiger partial charge in [-0.15, -0.1) is 24.0 Å². The minimum atomic E-state index is -2.96. The van der Waals surface area contributed by atoms with Gasteiger partial charge < -0.3 is 15.5 Å². The maximum atomic E-state index is 12.0. The Kier molecular flexibility index (Phi) is 8.20. The van der Waals surface area contributed by atoms with Crippen LogP contribution in [0.1, 0.15) is 51.4 Å². The summed E-state index contributed by atoms with van der Waals surface area (Å²) in [7, 11) is -1.17. The van der Waals surface area contributed by atoms with Crippen LogP contribution in [0.2, 0.25) is 0 Å². The van der Waals surface area contributed by atoms with Crippen molar-refractivity contribution in [1.29, 1.82) is 0 Å². The van der Waals surface area contributed by atoms with Gasteiger partial charge in [0.15, 0.2) is 15.8 Å². The zero-order valence-corrected chi connectivity index (χ0v) is 19.4. The largest absolute Gasteiger partial charge is 0.356 e. The number of hydrogen-bond donors (Lipinski definition) is 2. The maximum Gasteiger partial charge on any atom is 0.222 e. The SMILES string of the molecule is CN=C(NCCC(=O)NC1CCS(=O)(=O)C1)N1CCC2(CCCCC2)C1.I. The fourth-order valence-corrected chi connectivity index (χ4v) is 6.33. The van der Waals surface area contributed by atoms with E-state index in [9.17, 15) is 13.2 Å². The molecule has 2 aliphatic heterocycles. The maximum absolute atomic E-state index is 12.0. The minimum absolute atomic E-state index is 0. The highest BCUT2D eigenvalue weighted by Gasteiger charge is 2.39. The number of nitrogens with one attached hydrogen (secondary N) is 2. The van der Waals surface area contributed by atoms with Gasteiger partial charge in [-0.25, -0.2) is 8.42 Å². The van der Waals surface area contributed by atoms with Gasteiger partial charge in [0, 0.05) is 39.1 Å². The predicted molar refractivity (Wildman–Crippen MR) is 118 cm³/mol. The molecule has 7 nitrogen and oxygen atoms in total. The highest BCUT2D eigenvalue weighted by atomic mass is 127. The average Bonchev–Trinajstić information content (AvgIpc) is 3.15. The number of sulfone groups is 1. The van der Waals surface area contributed by atoms with Crippen LogP contribution in [0, 0.1) is 5.41 Å². The van der Waals surface area contributed by atoms with Gasteiger partial charge in [0.05, 0.1) is 11.5 Å². The van der Waals surface area contributed by atoms with Crippen LogP contribution in [0.25, 0.3) is 0 Å². The number of aliphatic imine (C=N–C) groups is 1. The number of carbonyl (C=O) groups is 1. The van der Waals surface area contributed by atoms with Crippen molar-refractivity contribution in [3.05, 3.63) is 0 Å². The molecule has 156 valence electrons. The van der Waals surface area contributed by atoms with Crippen LogP contribution in [-0.2, 0) is 14.6 Å². The summed E-state index contributed by atoms with van der Waals surface area (Å²) in [5.41, 5.74) is 0.473. The molecule has 0 aromatic rings. The van der Waals surface area contributed by atoms with Gasteiger partial charge in [0.25, 0.3) is 0 Å². The van der Waals surface area contributed by atoms with Gasteiger partial charge in [0.2, 0.25) is 5.91 Å². The summed E-state index contributed by atoms with van der Waals surface area (Å²) >= 11 is 0. The van der Waals surface area contributed by atoms with Crippen LogP contribution >= 0.6 is 24.0 Å². The molecule has 3 fully saturated rings. The van der Waals surface area contributed by atoms with Gasteiger partial charge >= 0.3 is 0 Å². The molecule has 1 saturated carbocycles. The summed E-state index contributed by atoms with van der Waals surface area (Å²) in [6.45, 7) is 2.62. The van der Waals surface area contributed by atoms with Crippen molar-refractivity contribution in [3.63, 3.8) is 0 Å². The predicted octanol–water partition coefficient (Wildman–Crippen LogP) is 1.53. The molecule has 2 N–H and O–H groups in total. The molecule has 1 atom stereocenters. The molecule has 0 aromatic heterocycles. The van der Waals surface area contributed by atoms with Crippen LogP contribution in [0.3, 0.4) is 0 Å². The molecular weight excluding hydrogens is 479 g/mol. The van der Waals surface area contributed by atoms with Crippen molar-refractivity contribution in [2.24, 2.45) is 10.4 Å². The third-order valence-electron chi connectivity index (χ3n) is 6.10. The van der Waals surface area contributed by atoms with Crippen LogP contribution in [0.4, 0.5) is 0 Å². The van der Waals surface area contributed by atoms with Crippen LogP contribution < -0.4 is 10.6 Å². The zero-order valence-electron chi connectivity index (χ0n) is 16.2. The molecule has 1 spiro atoms. The molecule has 0 bridgehead atoms. The third-order valence-corrected chi connectivity index (χ3v) is 7.86. The molecule has 27 heavy (non-hydrogen) atoms. The number of amides is 1. The van der Waals surface area contributed by atoms with Gasteiger partial charge in [-0.3, -0.25) is 9.79 Å². The van der Waals surface area contributed by atoms with Crippen molar-refractivity contribution in [2.45, 2.75) is 57.4 Å². The quantitative estimate of drug-likeness (QED) is 0.339. The highest BCUT2D eigenvalue weighted by molar-refractivity contribution is 14.0. The monoisotopic (exact) mass is 512 g/mol. The molecule has 0 aromatic carbocycles. The second-order valence-corrected chi connectivity index (χ2v) is 10.4. The van der Waals surface area contributed by atoms with E-state index in [-0.39, 0.29) is 47.4 Å². The number of carbonyl (C=O) groups excluding carboxylic acids is 1. The van der Waals surface area contributed by atoms with E-state index < -0.39 is 9.84 Å². The Balaban J connectivity index is 0.00000261. The Morgan fingerprint density at radius 2 is 1.96 bits per heavy atom. The Hall–Kier alpha value is -0.580. The Bertz CT molecular complexity index is 647. The lowest BCUT2D eigenvalue weighted by Gasteiger charge is -2.33. The summed E-state index contributed by atoms with van der Waals surface area (Å²) in [6.07, 6.45) is 8.80. The Labute approximate surface area is 180 Å². The van der Waals surface area contributed by atoms with Crippen LogP contribution in [0.15, 0.2) is 4.99 Å². The molecule has 1 amide bonds. The average molecular weight is 512 g/mol. The molecule has 3 aliphatic rings. The summed E-state index contributed by atoms with van der Waals surface area (Å²) in [5.74, 6) is 1.03. The first kappa shape index (κ1) is 22.7. The van der Waals surface area contributed by atoms with Crippen LogP contribution in [0.5, 0.6) is 0 Å². The highest BCUT2D eigenvalue weighted by Crippen LogP contribution is 2.43. The standard InChI is InChI=1S/C18H32N4O3S.HI/c1-19-17(22-11-9-18(14-22)7-3-2-4-8-18)20-10-5-16(23)21-15-6-12-26(24,25)13-15;/h15H,2-14H2,1H3,(H,19,20)(H,21,23);1H. The lowest BCUT2D eigenvalue weighted by Crippen LogP contribution is -2.43. The number of hydrogen-bond acceptors (Lipinski definition) is 4. The second-order valence-electron chi connectivity index (χ2n) is 8.12. The van der Waals surface area contributed by atoms with E-state index in [1.807, 2.05) is 0 Å². The smallest absolute Gasteiger partial charge is 0.222 e. The van der Waals surface area contributed by atoms with E-state index in [0.717, 1.165) is 19.0 Å². The first-order valence-corrected chi connectivity index (χ1v) is 11.7. The van der Waals surface area contributed by atoms with E-state index in [1.165, 1.54) is 38.5 Å². The number of rotatable bonds is 4. The van der Waals surface area contributed by atoms with Crippen molar-refractivity contribution >= 4 is 45.7 Å². The summed E-state index contributed by atoms with van der Waals surface area (Å²) < 4.78 is 22.9. The van der Waals surface area contributed by atoms with Gasteiger partial charge in [-0.05, 0) is 31.1 Å². The van der Waals surface area contributed by atoms with E-state index >= 15 is 0 Å². The first-order chi connectivity index (χ1) is 12.4. The van der Waals surface area contributed by atoms with Crippen molar-refractivity contribution < 1.29 is 13.2 Å². The molecule has 2 saturated heterocycles. The summed E-state index contributed by atoms with van der Waals surface area (Å²) in [6, 6.07) is -0.225. The molecule has 0 radical (unpaired) electrons. The molecule has 2 heterocycles. The Morgan fingerprint density at radius 1 is 1.22 bits per heavy atom. The second kappa shape index (κ2) is 9.76. The fraction of sp³-hybridized carbons (Fsp3) is 0.889. The molecule has 9 heteroatoms. The summed E-state index contributed by atoms with van der Waals surface area (Å²) in [4.78, 5) is 18.8. The lowest BCUT2D eigenvalue weighted by molar-refractivity contribution is -0.121. The molecule has 1 unspecified atom stereocenters. The topological polar surface area (TPSA) is 90.9 Å². The minimum Gasteiger partial charge on any atom is -0.356 e. The van der Waals surface area contributed by atoms with E-state index in [2.05, 4.69) is 20.5 Å². The van der Waals surface area contributed by atoms with Crippen molar-refractivity contribution in [2.75, 3.05) is 38.2 Å². The third kappa shape index (κ3) is 6.20. The lowest BCUT2D eigenvalue weighted by atomic mass is 9.73. The van der Waals surface area contributed by atoms with Gasteiger partial charge in [0.1, 0.15) is 0 Å². The number of guanidine groups is 1. The molecule has 3 rings (SSSR count). The van der Waals surface area contributed by atoms with Crippen molar-refractivity contribution in [1.82, 2.24) is 15.5 Å². The Morgan fingerprint density at radius 3 is 2.59 bits per heavy atom.